The molecular formula is C114H149BrN6S13Si2Sn2. The third-order valence-corrected chi connectivity index (χ3v) is 64.8. The molecule has 0 spiro atoms. The molecule has 3 aromatic carbocycles. The number of fused-ring (bicyclic) bond motifs is 12. The summed E-state index contributed by atoms with van der Waals surface area (Å²) in [6.45, 7) is 43.3. The largest absolute Gasteiger partial charge is 0.172 e. The van der Waals surface area contributed by atoms with Crippen LogP contribution in [-0.4, -0.2) is 84.7 Å². The van der Waals surface area contributed by atoms with Gasteiger partial charge < -0.3 is 0 Å². The van der Waals surface area contributed by atoms with E-state index < -0.39 is 58.4 Å². The zero-order valence-electron chi connectivity index (χ0n) is 85.6. The molecular weight excluding hydrogens is 2240 g/mol. The third kappa shape index (κ3) is 24.6. The van der Waals surface area contributed by atoms with Crippen LogP contribution in [-0.2, 0) is 19.3 Å². The zero-order valence-corrected chi connectivity index (χ0v) is 105. The minimum Gasteiger partial charge on any atom is -0.172 e. The van der Waals surface area contributed by atoms with Crippen molar-refractivity contribution in [2.45, 2.75) is 356 Å². The van der Waals surface area contributed by atoms with Crippen LogP contribution in [0.2, 0.25) is 32.0 Å². The standard InChI is InChI=1S/C64H78N4S8Si.C24H36S2Si.C20H21BrN2S3.2C3H7.2Sn/c1-9-17-21-39(13-5)29-43-31-53-55(69-43)33-49(71-53)45-25-27-47(61-59(45)65-75-67-61)51-35-57-63(73-51)64-58(77(57,37-41(15-7)23-19-11-3)38-42(16-8)24-20-12-4)36-52(74-64)48-28-26-46(60-62(48)68-76-66-60)50-34-56-54(72-50)32-44(70-56)30-40(14-6)22-18-10-2;1-5-9-11-19(7-3)17-27(18-20(8-4)12-10-6-2)21-13-15-25-23(21)24-22(27)14-16-26-24;1-3-5-6-12(4-2)9-13-10-17-18(24-13)11-16(25-17)14-7-8-15(21)20-19(14)22-26-23-20;2*1-3-2;;/h25-28,31-36,39-42H,9-24,29-30,37-38H2,1-8H3;13-14,19-20H,5-12,17-18H2,1-4H3;7-8,10-12H,3-6,9H2,1-2H3;2*3H,1-2H3;;. The second-order valence-corrected chi connectivity index (χ2v) is 75.9. The molecule has 0 bridgehead atoms. The summed E-state index contributed by atoms with van der Waals surface area (Å²) in [5.41, 5.74) is 12.3. The molecule has 0 N–H and O–H groups in total. The summed E-state index contributed by atoms with van der Waals surface area (Å²) in [6.07, 6.45) is 40.9. The molecule has 4 radical (unpaired) electrons. The van der Waals surface area contributed by atoms with Crippen molar-refractivity contribution in [3.63, 3.8) is 0 Å². The van der Waals surface area contributed by atoms with E-state index in [1.165, 1.54) is 344 Å². The summed E-state index contributed by atoms with van der Waals surface area (Å²) in [5, 5.41) is 7.30. The predicted molar refractivity (Wildman–Crippen MR) is 644 cm³/mol. The van der Waals surface area contributed by atoms with Gasteiger partial charge in [0.25, 0.3) is 0 Å². The first-order valence-electron chi connectivity index (χ1n) is 53.3. The normalized spacial score (nSPS) is 15.6. The van der Waals surface area contributed by atoms with Gasteiger partial charge in [0, 0.05) is 109 Å². The number of rotatable bonds is 51. The summed E-state index contributed by atoms with van der Waals surface area (Å²) in [4.78, 5) is 17.9. The Morgan fingerprint density at radius 2 is 0.507 bits per heavy atom. The first kappa shape index (κ1) is 108. The minimum absolute atomic E-state index is 0.464. The molecule has 18 rings (SSSR count). The second kappa shape index (κ2) is 51.1. The Hall–Kier alpha value is -2.59. The first-order valence-corrected chi connectivity index (χ1v) is 75.4. The molecule has 0 saturated heterocycles. The van der Waals surface area contributed by atoms with E-state index in [2.05, 4.69) is 292 Å². The second-order valence-electron chi connectivity index (χ2n) is 41.0. The van der Waals surface area contributed by atoms with Crippen LogP contribution < -0.4 is 26.5 Å². The SMILES string of the molecule is CCCCC(CC)C[Si]1(CC(CC)CCCC)c2c[c]([Sn][CH](C)C)sc2-c2s[c]([Sn][CH](C)C)cc21.CCCCC(CC)Cc1cc2sc(-c3ccc(-c4cc5c(s4)-c4sc(-c6ccc(-c7cc8sc(CC(CC)CCCC)cc8s7)c7nsnc67)cc4[Si]5(CC(CC)CCCC)CC(CC)CCCC)c4nsnc34)cc2s1.CCCCC(CC)Cc1cc2sc(-c3ccc(Br)c4nsnc34)cc2s1. The molecule has 0 aliphatic carbocycles. The average molecular weight is 2390 g/mol. The van der Waals surface area contributed by atoms with Crippen molar-refractivity contribution >= 4 is 311 Å². The van der Waals surface area contributed by atoms with Gasteiger partial charge in [0.15, 0.2) is 0 Å². The van der Waals surface area contributed by atoms with Crippen molar-refractivity contribution in [3.05, 3.63) is 116 Å². The van der Waals surface area contributed by atoms with Crippen LogP contribution in [0.15, 0.2) is 102 Å². The molecule has 138 heavy (non-hydrogen) atoms. The van der Waals surface area contributed by atoms with E-state index in [9.17, 15) is 0 Å². The van der Waals surface area contributed by atoms with Crippen LogP contribution >= 0.6 is 164 Å². The van der Waals surface area contributed by atoms with E-state index in [-0.39, 0.29) is 0 Å². The number of nitrogens with zero attached hydrogens (tertiary/aromatic N) is 6. The fourth-order valence-electron chi connectivity index (χ4n) is 22.3. The third-order valence-electron chi connectivity index (χ3n) is 30.4. The molecule has 7 unspecified atom stereocenters. The van der Waals surface area contributed by atoms with Crippen LogP contribution in [0.25, 0.3) is 133 Å². The molecule has 16 aromatic rings. The van der Waals surface area contributed by atoms with Crippen molar-refractivity contribution < 1.29 is 0 Å². The number of benzene rings is 3. The summed E-state index contributed by atoms with van der Waals surface area (Å²) in [5.74, 6) is 5.67. The predicted octanol–water partition coefficient (Wildman–Crippen LogP) is 38.8. The van der Waals surface area contributed by atoms with Crippen LogP contribution in [0.5, 0.6) is 0 Å². The maximum Gasteiger partial charge on any atom is 0.122 e. The monoisotopic (exact) mass is 2390 g/mol. The van der Waals surface area contributed by atoms with Gasteiger partial charge >= 0.3 is 250 Å². The van der Waals surface area contributed by atoms with Crippen molar-refractivity contribution in [3.8, 4) is 71.7 Å². The molecule has 0 amide bonds. The van der Waals surface area contributed by atoms with E-state index in [4.69, 9.17) is 17.5 Å². The van der Waals surface area contributed by atoms with Gasteiger partial charge in [-0.05, 0) is 142 Å². The number of halogens is 1. The van der Waals surface area contributed by atoms with Gasteiger partial charge in [0.05, 0.1) is 35.2 Å². The van der Waals surface area contributed by atoms with Crippen LogP contribution in [0.3, 0.4) is 0 Å². The first-order chi connectivity index (χ1) is 67.2. The van der Waals surface area contributed by atoms with E-state index in [0.29, 0.717) is 0 Å². The van der Waals surface area contributed by atoms with Crippen molar-refractivity contribution in [1.82, 2.24) is 26.2 Å². The van der Waals surface area contributed by atoms with Gasteiger partial charge in [0.1, 0.15) is 41.2 Å². The molecule has 0 fully saturated rings. The van der Waals surface area contributed by atoms with Crippen molar-refractivity contribution in [1.29, 1.82) is 0 Å². The van der Waals surface area contributed by atoms with Gasteiger partial charge in [-0.15, -0.1) is 90.7 Å². The van der Waals surface area contributed by atoms with Gasteiger partial charge in [0.2, 0.25) is 0 Å². The van der Waals surface area contributed by atoms with Crippen molar-refractivity contribution in [2.75, 3.05) is 0 Å². The Morgan fingerprint density at radius 1 is 0.268 bits per heavy atom. The molecule has 24 heteroatoms. The Kier molecular flexibility index (Phi) is 40.0. The summed E-state index contributed by atoms with van der Waals surface area (Å²) in [7, 11) is -4.03. The summed E-state index contributed by atoms with van der Waals surface area (Å²) >= 11 is 27.1. The number of unbranched alkanes of at least 4 members (excludes halogenated alkanes) is 7. The fourth-order valence-corrected chi connectivity index (χ4v) is 64.0. The van der Waals surface area contributed by atoms with Crippen molar-refractivity contribution in [2.24, 2.45) is 41.4 Å². The molecule has 2 aliphatic rings. The maximum absolute atomic E-state index is 5.14. The van der Waals surface area contributed by atoms with E-state index >= 15 is 0 Å². The minimum atomic E-state index is -2.31. The van der Waals surface area contributed by atoms with Crippen LogP contribution in [0.4, 0.5) is 0 Å². The Balaban J connectivity index is 0.000000184. The molecule has 6 nitrogen and oxygen atoms in total. The number of hydrogen-bond donors (Lipinski definition) is 0. The number of hydrogen-bond acceptors (Lipinski definition) is 19. The average Bonchev–Trinajstić information content (AvgIpc) is 1.53. The Labute approximate surface area is 910 Å². The Morgan fingerprint density at radius 3 is 0.775 bits per heavy atom. The van der Waals surface area contributed by atoms with E-state index in [0.717, 1.165) is 86.9 Å². The summed E-state index contributed by atoms with van der Waals surface area (Å²) in [6, 6.07) is 45.2. The number of aromatic nitrogens is 6. The fraction of sp³-hybridized carbons (Fsp3) is 0.544. The molecule has 15 heterocycles. The van der Waals surface area contributed by atoms with Crippen LogP contribution in [0, 0.1) is 41.4 Å². The molecule has 2 aliphatic heterocycles. The summed E-state index contributed by atoms with van der Waals surface area (Å²) < 4.78 is 44.4. The number of thiophene rings is 10. The van der Waals surface area contributed by atoms with Gasteiger partial charge in [-0.1, -0.05) is 228 Å². The topological polar surface area (TPSA) is 77.3 Å². The zero-order chi connectivity index (χ0) is 96.9. The molecule has 7 atom stereocenters. The quantitative estimate of drug-likeness (QED) is 0.0354. The Bertz CT molecular complexity index is 6200. The molecule has 13 aromatic heterocycles. The van der Waals surface area contributed by atoms with E-state index in [1.807, 2.05) is 84.2 Å². The van der Waals surface area contributed by atoms with Gasteiger partial charge in [-0.3, -0.25) is 0 Å². The smallest absolute Gasteiger partial charge is 0.122 e. The van der Waals surface area contributed by atoms with Gasteiger partial charge in [-0.25, -0.2) is 0 Å². The van der Waals surface area contributed by atoms with Gasteiger partial charge in [-0.2, -0.15) is 26.2 Å². The molecule has 0 saturated carbocycles. The molecule has 736 valence electrons. The van der Waals surface area contributed by atoms with E-state index in [1.54, 1.807) is 39.6 Å². The van der Waals surface area contributed by atoms with Crippen LogP contribution in [0.1, 0.15) is 319 Å². The maximum atomic E-state index is 5.14.